The number of nitrogens with two attached hydrogens (primary N) is 1. The number of hydrogen-bond acceptors (Lipinski definition) is 7. The first-order valence-corrected chi connectivity index (χ1v) is 16.1. The van der Waals surface area contributed by atoms with Crippen LogP contribution in [0.5, 0.6) is 5.88 Å². The van der Waals surface area contributed by atoms with Gasteiger partial charge in [-0.05, 0) is 73.4 Å². The van der Waals surface area contributed by atoms with Crippen LogP contribution < -0.4 is 20.5 Å². The van der Waals surface area contributed by atoms with E-state index < -0.39 is 16.1 Å². The van der Waals surface area contributed by atoms with Crippen molar-refractivity contribution in [2.45, 2.75) is 49.5 Å². The van der Waals surface area contributed by atoms with Crippen LogP contribution in [-0.4, -0.2) is 69.2 Å². The van der Waals surface area contributed by atoms with Crippen molar-refractivity contribution in [2.24, 2.45) is 11.7 Å². The maximum atomic E-state index is 13.9. The fraction of sp³-hybridized carbons (Fsp3) is 0.375. The lowest BCUT2D eigenvalue weighted by atomic mass is 9.91. The van der Waals surface area contributed by atoms with E-state index in [1.807, 2.05) is 0 Å². The summed E-state index contributed by atoms with van der Waals surface area (Å²) in [6.45, 7) is 1.02. The van der Waals surface area contributed by atoms with Crippen molar-refractivity contribution in [1.29, 1.82) is 5.41 Å². The summed E-state index contributed by atoms with van der Waals surface area (Å²) >= 11 is 0. The fourth-order valence-electron chi connectivity index (χ4n) is 5.39. The highest BCUT2D eigenvalue weighted by Gasteiger charge is 2.32. The van der Waals surface area contributed by atoms with E-state index in [4.69, 9.17) is 15.9 Å². The summed E-state index contributed by atoms with van der Waals surface area (Å²) in [6.07, 6.45) is 5.45. The molecule has 0 spiro atoms. The highest BCUT2D eigenvalue weighted by atomic mass is 32.2. The first-order chi connectivity index (χ1) is 21.1. The Morgan fingerprint density at radius 2 is 1.84 bits per heavy atom. The second-order valence-corrected chi connectivity index (χ2v) is 12.7. The van der Waals surface area contributed by atoms with Crippen molar-refractivity contribution in [3.63, 3.8) is 0 Å². The summed E-state index contributed by atoms with van der Waals surface area (Å²) in [7, 11) is -0.966. The number of amidine groups is 1. The SMILES string of the molecule is CNC(=O)CCCC1CCN(C(=O)[C@@H](Cc2cccc(C(=N)N)c2)NS(=O)(=O)c2cccc(-c3ccc(OC)nc3)c2)CC1. The Kier molecular flexibility index (Phi) is 11.1. The van der Waals surface area contributed by atoms with E-state index in [1.54, 1.807) is 72.7 Å². The number of benzene rings is 2. The molecule has 1 atom stereocenters. The zero-order valence-corrected chi connectivity index (χ0v) is 25.9. The van der Waals surface area contributed by atoms with Crippen molar-refractivity contribution < 1.29 is 22.7 Å². The van der Waals surface area contributed by atoms with Crippen molar-refractivity contribution >= 4 is 27.7 Å². The molecule has 2 aromatic carbocycles. The van der Waals surface area contributed by atoms with Crippen LogP contribution in [-0.2, 0) is 26.0 Å². The molecule has 1 saturated heterocycles. The van der Waals surface area contributed by atoms with E-state index in [-0.39, 0.29) is 29.0 Å². The van der Waals surface area contributed by atoms with E-state index >= 15 is 0 Å². The number of amides is 2. The van der Waals surface area contributed by atoms with Gasteiger partial charge >= 0.3 is 0 Å². The number of sulfonamides is 1. The number of aromatic nitrogens is 1. The molecule has 12 heteroatoms. The summed E-state index contributed by atoms with van der Waals surface area (Å²) < 4.78 is 35.2. The smallest absolute Gasteiger partial charge is 0.241 e. The normalized spacial score (nSPS) is 14.5. The number of rotatable bonds is 13. The van der Waals surface area contributed by atoms with Crippen LogP contribution in [0.1, 0.15) is 43.2 Å². The molecule has 1 aliphatic rings. The third-order valence-electron chi connectivity index (χ3n) is 7.92. The van der Waals surface area contributed by atoms with E-state index in [0.717, 1.165) is 31.2 Å². The summed E-state index contributed by atoms with van der Waals surface area (Å²) in [6, 6.07) is 15.8. The zero-order valence-electron chi connectivity index (χ0n) is 25.1. The molecule has 1 aromatic heterocycles. The van der Waals surface area contributed by atoms with E-state index in [9.17, 15) is 18.0 Å². The zero-order chi connectivity index (χ0) is 31.7. The Hall–Kier alpha value is -4.29. The van der Waals surface area contributed by atoms with Gasteiger partial charge in [0.25, 0.3) is 0 Å². The molecule has 234 valence electrons. The summed E-state index contributed by atoms with van der Waals surface area (Å²) in [4.78, 5) is 31.4. The minimum absolute atomic E-state index is 0.0211. The van der Waals surface area contributed by atoms with E-state index in [1.165, 1.54) is 13.2 Å². The first-order valence-electron chi connectivity index (χ1n) is 14.6. The third kappa shape index (κ3) is 8.64. The van der Waals surface area contributed by atoms with Gasteiger partial charge in [0.2, 0.25) is 27.7 Å². The lowest BCUT2D eigenvalue weighted by molar-refractivity contribution is -0.134. The van der Waals surface area contributed by atoms with Gasteiger partial charge in [-0.1, -0.05) is 30.3 Å². The standard InChI is InChI=1S/C32H40N6O5S/c1-35-29(39)11-4-6-22-14-16-38(17-15-22)32(40)28(19-23-7-3-9-25(18-23)31(33)34)37-44(41,42)27-10-5-8-24(20-27)26-12-13-30(43-2)36-21-26/h3,5,7-10,12-13,18,20-22,28,37H,4,6,11,14-17,19H2,1-2H3,(H3,33,34)(H,35,39)/t28-/m1/s1. The molecule has 3 aromatic rings. The van der Waals surface area contributed by atoms with Crippen LogP contribution in [0.2, 0.25) is 0 Å². The minimum atomic E-state index is -4.11. The van der Waals surface area contributed by atoms with Crippen LogP contribution >= 0.6 is 0 Å². The van der Waals surface area contributed by atoms with Crippen LogP contribution in [0.25, 0.3) is 11.1 Å². The van der Waals surface area contributed by atoms with Gasteiger partial charge in [-0.2, -0.15) is 4.72 Å². The molecule has 5 N–H and O–H groups in total. The van der Waals surface area contributed by atoms with Gasteiger partial charge in [0.15, 0.2) is 0 Å². The fourth-order valence-corrected chi connectivity index (χ4v) is 6.62. The van der Waals surface area contributed by atoms with Crippen LogP contribution in [0, 0.1) is 11.3 Å². The van der Waals surface area contributed by atoms with Crippen molar-refractivity contribution in [1.82, 2.24) is 19.9 Å². The number of nitrogens with zero attached hydrogens (tertiary/aromatic N) is 2. The monoisotopic (exact) mass is 620 g/mol. The Balaban J connectivity index is 1.53. The van der Waals surface area contributed by atoms with Crippen LogP contribution in [0.3, 0.4) is 0 Å². The van der Waals surface area contributed by atoms with Gasteiger partial charge in [-0.25, -0.2) is 13.4 Å². The number of methoxy groups -OCH3 is 1. The second-order valence-electron chi connectivity index (χ2n) is 10.9. The molecule has 0 radical (unpaired) electrons. The number of nitrogens with one attached hydrogen (secondary N) is 3. The predicted octanol–water partition coefficient (Wildman–Crippen LogP) is 3.09. The molecule has 44 heavy (non-hydrogen) atoms. The number of likely N-dealkylation sites (tertiary alicyclic amines) is 1. The van der Waals surface area contributed by atoms with Gasteiger partial charge in [0.1, 0.15) is 11.9 Å². The number of piperidine rings is 1. The second kappa shape index (κ2) is 14.9. The van der Waals surface area contributed by atoms with E-state index in [0.29, 0.717) is 48.0 Å². The number of carbonyl (C=O) groups is 2. The number of hydrogen-bond donors (Lipinski definition) is 4. The third-order valence-corrected chi connectivity index (χ3v) is 9.39. The van der Waals surface area contributed by atoms with Crippen molar-refractivity contribution in [3.8, 4) is 17.0 Å². The highest BCUT2D eigenvalue weighted by Crippen LogP contribution is 2.26. The maximum absolute atomic E-state index is 13.9. The number of nitrogen functional groups attached to an aromatic ring is 1. The average molecular weight is 621 g/mol. The number of pyridine rings is 1. The Morgan fingerprint density at radius 3 is 2.50 bits per heavy atom. The van der Waals surface area contributed by atoms with Gasteiger partial charge < -0.3 is 20.7 Å². The van der Waals surface area contributed by atoms with Crippen molar-refractivity contribution in [3.05, 3.63) is 78.0 Å². The van der Waals surface area contributed by atoms with Crippen molar-refractivity contribution in [2.75, 3.05) is 27.2 Å². The predicted molar refractivity (Wildman–Crippen MR) is 169 cm³/mol. The summed E-state index contributed by atoms with van der Waals surface area (Å²) in [5.41, 5.74) is 8.23. The molecule has 11 nitrogen and oxygen atoms in total. The molecule has 1 aliphatic heterocycles. The maximum Gasteiger partial charge on any atom is 0.241 e. The average Bonchev–Trinajstić information content (AvgIpc) is 3.04. The van der Waals surface area contributed by atoms with Crippen LogP contribution in [0.4, 0.5) is 0 Å². The Bertz CT molecular complexity index is 1570. The lowest BCUT2D eigenvalue weighted by Gasteiger charge is -2.34. The Morgan fingerprint density at radius 1 is 1.09 bits per heavy atom. The largest absolute Gasteiger partial charge is 0.481 e. The molecular formula is C32H40N6O5S. The summed E-state index contributed by atoms with van der Waals surface area (Å²) in [5.74, 6) is 0.455. The molecule has 0 bridgehead atoms. The Labute approximate surface area is 258 Å². The molecule has 0 saturated carbocycles. The molecule has 0 unspecified atom stereocenters. The van der Waals surface area contributed by atoms with Crippen LogP contribution in [0.15, 0.2) is 71.8 Å². The summed E-state index contributed by atoms with van der Waals surface area (Å²) in [5, 5.41) is 10.4. The molecule has 0 aliphatic carbocycles. The van der Waals surface area contributed by atoms with E-state index in [2.05, 4.69) is 15.0 Å². The molecule has 1 fully saturated rings. The number of ether oxygens (including phenoxy) is 1. The van der Waals surface area contributed by atoms with Gasteiger partial charge in [0, 0.05) is 49.9 Å². The molecular weight excluding hydrogens is 580 g/mol. The number of carbonyl (C=O) groups excluding carboxylic acids is 2. The van der Waals surface area contributed by atoms with Gasteiger partial charge in [-0.3, -0.25) is 15.0 Å². The minimum Gasteiger partial charge on any atom is -0.481 e. The molecule has 2 heterocycles. The topological polar surface area (TPSA) is 168 Å². The highest BCUT2D eigenvalue weighted by molar-refractivity contribution is 7.89. The van der Waals surface area contributed by atoms with Gasteiger partial charge in [-0.15, -0.1) is 0 Å². The van der Waals surface area contributed by atoms with Gasteiger partial charge in [0.05, 0.1) is 12.0 Å². The lowest BCUT2D eigenvalue weighted by Crippen LogP contribution is -2.51. The molecule has 2 amide bonds. The quantitative estimate of drug-likeness (QED) is 0.168. The molecule has 4 rings (SSSR count). The first kappa shape index (κ1) is 32.6.